The molecule has 1 spiro atoms. The molecule has 3 rings (SSSR count). The quantitative estimate of drug-likeness (QED) is 0.474. The van der Waals surface area contributed by atoms with Crippen LogP contribution in [0.1, 0.15) is 82.8 Å². The van der Waals surface area contributed by atoms with E-state index in [4.69, 9.17) is 10.00 Å². The number of benzene rings is 1. The van der Waals surface area contributed by atoms with Gasteiger partial charge in [-0.15, -0.1) is 0 Å². The second-order valence-corrected chi connectivity index (χ2v) is 8.45. The van der Waals surface area contributed by atoms with Crippen LogP contribution in [-0.2, 0) is 4.74 Å². The number of nitro benzene ring substituents is 1. The molecule has 1 saturated carbocycles. The second kappa shape index (κ2) is 9.32. The lowest BCUT2D eigenvalue weighted by atomic mass is 9.66. The molecule has 1 saturated heterocycles. The summed E-state index contributed by atoms with van der Waals surface area (Å²) < 4.78 is 6.06. The lowest BCUT2D eigenvalue weighted by Gasteiger charge is -2.44. The Bertz CT molecular complexity index is 689. The molecule has 5 nitrogen and oxygen atoms in total. The maximum absolute atomic E-state index is 10.3. The summed E-state index contributed by atoms with van der Waals surface area (Å²) in [5.74, 6) is 0. The third kappa shape index (κ3) is 5.77. The molecule has 0 amide bonds. The third-order valence-electron chi connectivity index (χ3n) is 6.00. The van der Waals surface area contributed by atoms with Gasteiger partial charge in [-0.1, -0.05) is 33.1 Å². The fraction of sp³-hybridized carbons (Fsp3) is 0.682. The smallest absolute Gasteiger partial charge is 0.272 e. The van der Waals surface area contributed by atoms with Gasteiger partial charge in [0.05, 0.1) is 22.2 Å². The van der Waals surface area contributed by atoms with Gasteiger partial charge in [0, 0.05) is 18.2 Å². The zero-order valence-electron chi connectivity index (χ0n) is 16.9. The number of nitriles is 1. The molecule has 2 aliphatic rings. The normalized spacial score (nSPS) is 26.9. The summed E-state index contributed by atoms with van der Waals surface area (Å²) in [7, 11) is 0. The molecule has 5 heteroatoms. The van der Waals surface area contributed by atoms with Gasteiger partial charge in [-0.05, 0) is 63.0 Å². The van der Waals surface area contributed by atoms with Crippen LogP contribution in [0, 0.1) is 33.8 Å². The van der Waals surface area contributed by atoms with Crippen molar-refractivity contribution in [2.75, 3.05) is 6.61 Å². The van der Waals surface area contributed by atoms with E-state index in [1.807, 2.05) is 6.07 Å². The Labute approximate surface area is 162 Å². The van der Waals surface area contributed by atoms with Crippen molar-refractivity contribution in [2.24, 2.45) is 5.41 Å². The molecule has 2 atom stereocenters. The summed E-state index contributed by atoms with van der Waals surface area (Å²) in [6.45, 7) is 7.42. The molecule has 0 radical (unpaired) electrons. The van der Waals surface area contributed by atoms with Crippen LogP contribution < -0.4 is 0 Å². The molecule has 148 valence electrons. The van der Waals surface area contributed by atoms with E-state index in [0.717, 1.165) is 6.61 Å². The summed E-state index contributed by atoms with van der Waals surface area (Å²) in [4.78, 5) is 9.88. The van der Waals surface area contributed by atoms with Crippen LogP contribution in [0.2, 0.25) is 0 Å². The molecule has 2 fully saturated rings. The van der Waals surface area contributed by atoms with Crippen molar-refractivity contribution >= 4 is 5.69 Å². The first kappa shape index (κ1) is 21.4. The molecule has 1 aromatic carbocycles. The van der Waals surface area contributed by atoms with Crippen LogP contribution in [0.5, 0.6) is 0 Å². The lowest BCUT2D eigenvalue weighted by molar-refractivity contribution is -0.385. The first-order valence-corrected chi connectivity index (χ1v) is 10.1. The molecule has 0 bridgehead atoms. The Balaban J connectivity index is 0.000000199. The van der Waals surface area contributed by atoms with Gasteiger partial charge in [0.1, 0.15) is 0 Å². The highest BCUT2D eigenvalue weighted by Gasteiger charge is 2.44. The highest BCUT2D eigenvalue weighted by Crippen LogP contribution is 2.49. The number of rotatable bonds is 4. The van der Waals surface area contributed by atoms with Gasteiger partial charge >= 0.3 is 0 Å². The van der Waals surface area contributed by atoms with Gasteiger partial charge in [-0.2, -0.15) is 5.26 Å². The van der Waals surface area contributed by atoms with E-state index in [2.05, 4.69) is 13.8 Å². The van der Waals surface area contributed by atoms with Crippen LogP contribution in [-0.4, -0.2) is 17.1 Å². The number of nitro groups is 1. The third-order valence-corrected chi connectivity index (χ3v) is 6.00. The number of hydrogen-bond acceptors (Lipinski definition) is 4. The Kier molecular flexibility index (Phi) is 7.38. The summed E-state index contributed by atoms with van der Waals surface area (Å²) in [5, 5.41) is 18.8. The van der Waals surface area contributed by atoms with E-state index in [1.54, 1.807) is 6.92 Å². The highest BCUT2D eigenvalue weighted by atomic mass is 16.6. The SMILES string of the molecule is CCCC[C@@]1(C)CCCC2(CCCO2)C1.Cc1cc(C#N)ccc1[N+](=O)[O-]. The first-order valence-electron chi connectivity index (χ1n) is 10.1. The highest BCUT2D eigenvalue weighted by molar-refractivity contribution is 5.45. The average Bonchev–Trinajstić information content (AvgIpc) is 3.07. The molecular formula is C22H32N2O3. The second-order valence-electron chi connectivity index (χ2n) is 8.45. The average molecular weight is 373 g/mol. The fourth-order valence-electron chi connectivity index (χ4n) is 4.63. The van der Waals surface area contributed by atoms with Gasteiger partial charge in [-0.3, -0.25) is 10.1 Å². The largest absolute Gasteiger partial charge is 0.375 e. The van der Waals surface area contributed by atoms with Gasteiger partial charge in [0.2, 0.25) is 0 Å². The Morgan fingerprint density at radius 2 is 2.04 bits per heavy atom. The molecule has 0 aromatic heterocycles. The number of hydrogen-bond donors (Lipinski definition) is 0. The van der Waals surface area contributed by atoms with Crippen LogP contribution in [0.25, 0.3) is 0 Å². The van der Waals surface area contributed by atoms with Crippen LogP contribution in [0.4, 0.5) is 5.69 Å². The molecule has 1 aliphatic carbocycles. The zero-order chi connectivity index (χ0) is 19.9. The summed E-state index contributed by atoms with van der Waals surface area (Å²) in [6, 6.07) is 6.19. The molecular weight excluding hydrogens is 340 g/mol. The van der Waals surface area contributed by atoms with Gasteiger partial charge in [-0.25, -0.2) is 0 Å². The standard InChI is InChI=1S/C14H26O.C8H6N2O2/c1-3-4-7-13(2)8-5-9-14(12-13)10-6-11-15-14;1-6-4-7(5-9)2-3-8(6)10(11)12/h3-12H2,1-2H3;2-4H,1H3/t13-,14?;/m0./s1. The van der Waals surface area contributed by atoms with Crippen molar-refractivity contribution in [2.45, 2.75) is 84.2 Å². The lowest BCUT2D eigenvalue weighted by Crippen LogP contribution is -2.39. The molecule has 1 heterocycles. The Morgan fingerprint density at radius 3 is 2.59 bits per heavy atom. The maximum Gasteiger partial charge on any atom is 0.272 e. The topological polar surface area (TPSA) is 76.2 Å². The molecule has 1 aliphatic heterocycles. The molecule has 1 unspecified atom stereocenters. The van der Waals surface area contributed by atoms with Crippen molar-refractivity contribution in [1.82, 2.24) is 0 Å². The number of ether oxygens (including phenoxy) is 1. The summed E-state index contributed by atoms with van der Waals surface area (Å²) in [5.41, 5.74) is 1.89. The van der Waals surface area contributed by atoms with Crippen molar-refractivity contribution < 1.29 is 9.66 Å². The van der Waals surface area contributed by atoms with E-state index >= 15 is 0 Å². The predicted molar refractivity (Wildman–Crippen MR) is 107 cm³/mol. The van der Waals surface area contributed by atoms with E-state index in [1.165, 1.54) is 76.0 Å². The van der Waals surface area contributed by atoms with E-state index in [0.29, 0.717) is 22.1 Å². The van der Waals surface area contributed by atoms with Crippen LogP contribution in [0.15, 0.2) is 18.2 Å². The Morgan fingerprint density at radius 1 is 1.30 bits per heavy atom. The van der Waals surface area contributed by atoms with Crippen molar-refractivity contribution in [3.63, 3.8) is 0 Å². The predicted octanol–water partition coefficient (Wildman–Crippen LogP) is 6.08. The van der Waals surface area contributed by atoms with Crippen LogP contribution >= 0.6 is 0 Å². The van der Waals surface area contributed by atoms with E-state index < -0.39 is 4.92 Å². The van der Waals surface area contributed by atoms with Crippen molar-refractivity contribution in [3.05, 3.63) is 39.4 Å². The summed E-state index contributed by atoms with van der Waals surface area (Å²) in [6.07, 6.45) is 12.2. The minimum Gasteiger partial charge on any atom is -0.375 e. The number of unbranched alkanes of at least 4 members (excludes halogenated alkanes) is 1. The van der Waals surface area contributed by atoms with E-state index in [9.17, 15) is 10.1 Å². The molecule has 0 N–H and O–H groups in total. The number of aryl methyl sites for hydroxylation is 1. The minimum absolute atomic E-state index is 0.0500. The molecule has 27 heavy (non-hydrogen) atoms. The fourth-order valence-corrected chi connectivity index (χ4v) is 4.63. The van der Waals surface area contributed by atoms with Crippen molar-refractivity contribution in [1.29, 1.82) is 5.26 Å². The monoisotopic (exact) mass is 372 g/mol. The minimum atomic E-state index is -0.462. The van der Waals surface area contributed by atoms with E-state index in [-0.39, 0.29) is 5.69 Å². The zero-order valence-corrected chi connectivity index (χ0v) is 16.9. The maximum atomic E-state index is 10.3. The van der Waals surface area contributed by atoms with Crippen molar-refractivity contribution in [3.8, 4) is 6.07 Å². The first-order chi connectivity index (χ1) is 12.8. The molecule has 1 aromatic rings. The van der Waals surface area contributed by atoms with Gasteiger partial charge < -0.3 is 4.74 Å². The Hall–Kier alpha value is -1.93. The van der Waals surface area contributed by atoms with Gasteiger partial charge in [0.15, 0.2) is 0 Å². The number of nitrogens with zero attached hydrogens (tertiary/aromatic N) is 2. The van der Waals surface area contributed by atoms with Gasteiger partial charge in [0.25, 0.3) is 5.69 Å². The van der Waals surface area contributed by atoms with Crippen LogP contribution in [0.3, 0.4) is 0 Å². The summed E-state index contributed by atoms with van der Waals surface area (Å²) >= 11 is 0.